The van der Waals surface area contributed by atoms with Crippen LogP contribution in [0.2, 0.25) is 0 Å². The molecule has 0 aromatic heterocycles. The highest BCUT2D eigenvalue weighted by Crippen LogP contribution is 2.30. The number of hydrogen-bond donors (Lipinski definition) is 2. The second-order valence-electron chi connectivity index (χ2n) is 10.7. The van der Waals surface area contributed by atoms with Gasteiger partial charge in [0, 0.05) is 6.04 Å². The van der Waals surface area contributed by atoms with E-state index in [1.165, 1.54) is 12.0 Å². The number of amides is 3. The first-order valence-corrected chi connectivity index (χ1v) is 12.3. The highest BCUT2D eigenvalue weighted by molar-refractivity contribution is 5.93. The fraction of sp³-hybridized carbons (Fsp3) is 0.630. The van der Waals surface area contributed by atoms with Gasteiger partial charge in [-0.1, -0.05) is 32.0 Å². The Hall–Kier alpha value is -3.10. The van der Waals surface area contributed by atoms with Crippen molar-refractivity contribution in [3.63, 3.8) is 0 Å². The van der Waals surface area contributed by atoms with Crippen LogP contribution in [-0.4, -0.2) is 60.1 Å². The summed E-state index contributed by atoms with van der Waals surface area (Å²) in [5, 5.41) is 5.32. The lowest BCUT2D eigenvalue weighted by Crippen LogP contribution is -2.55. The molecule has 0 fully saturated rings. The highest BCUT2D eigenvalue weighted by Gasteiger charge is 2.39. The first-order valence-electron chi connectivity index (χ1n) is 12.3. The van der Waals surface area contributed by atoms with Crippen molar-refractivity contribution < 1.29 is 28.7 Å². The minimum absolute atomic E-state index is 0.0784. The van der Waals surface area contributed by atoms with E-state index in [0.29, 0.717) is 12.0 Å². The summed E-state index contributed by atoms with van der Waals surface area (Å²) in [6.45, 7) is 16.2. The molecule has 9 heteroatoms. The number of hydrogen-bond acceptors (Lipinski definition) is 6. The number of nitrogens with one attached hydrogen (secondary N) is 2. The molecule has 0 saturated carbocycles. The van der Waals surface area contributed by atoms with Gasteiger partial charge < -0.3 is 25.0 Å². The van der Waals surface area contributed by atoms with Gasteiger partial charge >= 0.3 is 12.1 Å². The standard InChI is InChI=1S/C27H43N3O6/c1-16(2)14-20(29-26(34)36-27(7,8)9)25(33)30(17(3)4)23(24(32)28-15-21(31)35-10)22-18(5)12-11-13-19(22)6/h11-13,16-17,20,23H,14-15H2,1-10H3,(H,28,32)(H,29,34). The van der Waals surface area contributed by atoms with Crippen LogP contribution in [0, 0.1) is 19.8 Å². The Morgan fingerprint density at radius 3 is 2.00 bits per heavy atom. The van der Waals surface area contributed by atoms with Crippen LogP contribution in [-0.2, 0) is 23.9 Å². The Bertz CT molecular complexity index is 916. The second kappa shape index (κ2) is 13.3. The van der Waals surface area contributed by atoms with Gasteiger partial charge in [-0.2, -0.15) is 0 Å². The zero-order chi connectivity index (χ0) is 27.8. The van der Waals surface area contributed by atoms with Gasteiger partial charge in [-0.25, -0.2) is 4.79 Å². The third-order valence-electron chi connectivity index (χ3n) is 5.48. The maximum absolute atomic E-state index is 14.0. The van der Waals surface area contributed by atoms with Crippen LogP contribution < -0.4 is 10.6 Å². The molecule has 0 aliphatic rings. The van der Waals surface area contributed by atoms with Gasteiger partial charge in [-0.3, -0.25) is 14.4 Å². The maximum Gasteiger partial charge on any atom is 0.408 e. The first kappa shape index (κ1) is 30.9. The number of esters is 1. The summed E-state index contributed by atoms with van der Waals surface area (Å²) in [6.07, 6.45) is -0.353. The Balaban J connectivity index is 3.55. The Kier molecular flexibility index (Phi) is 11.4. The van der Waals surface area contributed by atoms with Crippen LogP contribution in [0.1, 0.15) is 77.6 Å². The number of carbonyl (C=O) groups is 4. The summed E-state index contributed by atoms with van der Waals surface area (Å²) < 4.78 is 10.1. The van der Waals surface area contributed by atoms with Gasteiger partial charge in [0.05, 0.1) is 7.11 Å². The van der Waals surface area contributed by atoms with E-state index in [2.05, 4.69) is 15.4 Å². The van der Waals surface area contributed by atoms with Crippen molar-refractivity contribution in [1.82, 2.24) is 15.5 Å². The van der Waals surface area contributed by atoms with Gasteiger partial charge in [0.25, 0.3) is 0 Å². The van der Waals surface area contributed by atoms with Crippen LogP contribution in [0.25, 0.3) is 0 Å². The van der Waals surface area contributed by atoms with Gasteiger partial charge in [0.2, 0.25) is 11.8 Å². The van der Waals surface area contributed by atoms with Gasteiger partial charge in [-0.05, 0) is 77.5 Å². The SMILES string of the molecule is COC(=O)CNC(=O)C(c1c(C)cccc1C)N(C(=O)C(CC(C)C)NC(=O)OC(C)(C)C)C(C)C. The van der Waals surface area contributed by atoms with E-state index >= 15 is 0 Å². The summed E-state index contributed by atoms with van der Waals surface area (Å²) in [4.78, 5) is 53.4. The summed E-state index contributed by atoms with van der Waals surface area (Å²) in [5.41, 5.74) is 1.59. The number of aryl methyl sites for hydroxylation is 2. The molecule has 1 rings (SSSR count). The van der Waals surface area contributed by atoms with Gasteiger partial charge in [0.1, 0.15) is 24.2 Å². The molecule has 0 aliphatic heterocycles. The quantitative estimate of drug-likeness (QED) is 0.468. The topological polar surface area (TPSA) is 114 Å². The lowest BCUT2D eigenvalue weighted by Gasteiger charge is -2.38. The van der Waals surface area contributed by atoms with E-state index in [0.717, 1.165) is 11.1 Å². The molecule has 2 atom stereocenters. The number of alkyl carbamates (subject to hydrolysis) is 1. The van der Waals surface area contributed by atoms with Crippen LogP contribution >= 0.6 is 0 Å². The average molecular weight is 506 g/mol. The van der Waals surface area contributed by atoms with Gasteiger partial charge in [-0.15, -0.1) is 0 Å². The van der Waals surface area contributed by atoms with Crippen molar-refractivity contribution >= 4 is 23.9 Å². The summed E-state index contributed by atoms with van der Waals surface area (Å²) in [7, 11) is 1.24. The third kappa shape index (κ3) is 9.17. The van der Waals surface area contributed by atoms with Crippen molar-refractivity contribution in [3.05, 3.63) is 34.9 Å². The number of carbonyl (C=O) groups excluding carboxylic acids is 4. The zero-order valence-corrected chi connectivity index (χ0v) is 23.4. The molecule has 202 valence electrons. The molecule has 36 heavy (non-hydrogen) atoms. The van der Waals surface area contributed by atoms with E-state index in [-0.39, 0.29) is 12.5 Å². The molecule has 0 heterocycles. The molecular weight excluding hydrogens is 462 g/mol. The average Bonchev–Trinajstić information content (AvgIpc) is 2.73. The Labute approximate surface area is 215 Å². The van der Waals surface area contributed by atoms with E-state index in [1.54, 1.807) is 20.8 Å². The van der Waals surface area contributed by atoms with Crippen LogP contribution in [0.5, 0.6) is 0 Å². The van der Waals surface area contributed by atoms with E-state index in [1.807, 2.05) is 59.7 Å². The van der Waals surface area contributed by atoms with Crippen molar-refractivity contribution in [2.24, 2.45) is 5.92 Å². The molecule has 0 aliphatic carbocycles. The first-order chi connectivity index (χ1) is 16.6. The summed E-state index contributed by atoms with van der Waals surface area (Å²) >= 11 is 0. The minimum Gasteiger partial charge on any atom is -0.468 e. The number of benzene rings is 1. The van der Waals surface area contributed by atoms with Crippen LogP contribution in [0.15, 0.2) is 18.2 Å². The molecule has 0 radical (unpaired) electrons. The third-order valence-corrected chi connectivity index (χ3v) is 5.48. The maximum atomic E-state index is 14.0. The van der Waals surface area contributed by atoms with Gasteiger partial charge in [0.15, 0.2) is 0 Å². The Morgan fingerprint density at radius 1 is 1.00 bits per heavy atom. The highest BCUT2D eigenvalue weighted by atomic mass is 16.6. The number of nitrogens with zero attached hydrogens (tertiary/aromatic N) is 1. The van der Waals surface area contributed by atoms with Crippen LogP contribution in [0.4, 0.5) is 4.79 Å². The molecule has 1 aromatic rings. The minimum atomic E-state index is -1.03. The largest absolute Gasteiger partial charge is 0.468 e. The monoisotopic (exact) mass is 505 g/mol. The molecule has 2 unspecified atom stereocenters. The van der Waals surface area contributed by atoms with Crippen molar-refractivity contribution in [1.29, 1.82) is 0 Å². The number of methoxy groups -OCH3 is 1. The van der Waals surface area contributed by atoms with Crippen molar-refractivity contribution in [2.75, 3.05) is 13.7 Å². The molecule has 9 nitrogen and oxygen atoms in total. The molecule has 0 bridgehead atoms. The van der Waals surface area contributed by atoms with Crippen molar-refractivity contribution in [3.8, 4) is 0 Å². The fourth-order valence-electron chi connectivity index (χ4n) is 3.99. The summed E-state index contributed by atoms with van der Waals surface area (Å²) in [5.74, 6) is -1.45. The number of rotatable bonds is 10. The molecule has 0 spiro atoms. The second-order valence-corrected chi connectivity index (χ2v) is 10.7. The number of ether oxygens (including phenoxy) is 2. The lowest BCUT2D eigenvalue weighted by atomic mass is 9.92. The molecular formula is C27H43N3O6. The van der Waals surface area contributed by atoms with E-state index in [9.17, 15) is 19.2 Å². The smallest absolute Gasteiger partial charge is 0.408 e. The molecule has 1 aromatic carbocycles. The fourth-order valence-corrected chi connectivity index (χ4v) is 3.99. The molecule has 2 N–H and O–H groups in total. The summed E-state index contributed by atoms with van der Waals surface area (Å²) in [6, 6.07) is 3.28. The zero-order valence-electron chi connectivity index (χ0n) is 23.4. The van der Waals surface area contributed by atoms with E-state index in [4.69, 9.17) is 4.74 Å². The lowest BCUT2D eigenvalue weighted by molar-refractivity contribution is -0.146. The Morgan fingerprint density at radius 2 is 1.56 bits per heavy atom. The normalized spacial score (nSPS) is 13.1. The molecule has 3 amide bonds. The predicted molar refractivity (Wildman–Crippen MR) is 138 cm³/mol. The van der Waals surface area contributed by atoms with Crippen molar-refractivity contribution in [2.45, 2.75) is 92.5 Å². The molecule has 0 saturated heterocycles. The van der Waals surface area contributed by atoms with Crippen LogP contribution in [0.3, 0.4) is 0 Å². The van der Waals surface area contributed by atoms with E-state index < -0.39 is 47.6 Å². The predicted octanol–water partition coefficient (Wildman–Crippen LogP) is 3.81.